The number of carbonyl (C=O) groups excluding carboxylic acids is 1. The molecule has 0 bridgehead atoms. The fraction of sp³-hybridized carbons (Fsp3) is 0.444. The van der Waals surface area contributed by atoms with Gasteiger partial charge < -0.3 is 4.74 Å². The summed E-state index contributed by atoms with van der Waals surface area (Å²) in [5.41, 5.74) is 2.07. The minimum Gasteiger partial charge on any atom is -0.469 e. The van der Waals surface area contributed by atoms with Gasteiger partial charge in [0.2, 0.25) is 10.0 Å². The van der Waals surface area contributed by atoms with Crippen LogP contribution in [0.5, 0.6) is 0 Å². The maximum Gasteiger partial charge on any atom is 0.306 e. The number of rotatable bonds is 7. The molecule has 2 rings (SSSR count). The molecule has 0 radical (unpaired) electrons. The molecule has 8 nitrogen and oxygen atoms in total. The molecule has 0 fully saturated rings. The molecule has 0 unspecified atom stereocenters. The van der Waals surface area contributed by atoms with E-state index in [9.17, 15) is 18.0 Å². The third kappa shape index (κ3) is 4.30. The van der Waals surface area contributed by atoms with Crippen LogP contribution < -0.4 is 10.3 Å². The molecule has 0 aliphatic heterocycles. The molecule has 0 atom stereocenters. The van der Waals surface area contributed by atoms with Gasteiger partial charge in [0.05, 0.1) is 24.1 Å². The number of nitrogens with zero attached hydrogens (tertiary/aromatic N) is 2. The smallest absolute Gasteiger partial charge is 0.306 e. The summed E-state index contributed by atoms with van der Waals surface area (Å²) in [6, 6.07) is 6.03. The van der Waals surface area contributed by atoms with Gasteiger partial charge in [-0.1, -0.05) is 13.8 Å². The first-order valence-corrected chi connectivity index (χ1v) is 10.0. The van der Waals surface area contributed by atoms with E-state index in [1.54, 1.807) is 23.9 Å². The van der Waals surface area contributed by atoms with Gasteiger partial charge in [0.25, 0.3) is 5.56 Å². The van der Waals surface area contributed by atoms with E-state index in [1.807, 2.05) is 20.8 Å². The number of hydrogen-bond donors (Lipinski definition) is 1. The number of esters is 1. The second-order valence-corrected chi connectivity index (χ2v) is 8.28. The molecule has 1 N–H and O–H groups in total. The zero-order valence-corrected chi connectivity index (χ0v) is 17.0. The predicted octanol–water partition coefficient (Wildman–Crippen LogP) is 1.45. The summed E-state index contributed by atoms with van der Waals surface area (Å²) in [6.07, 6.45) is -0.0518. The number of ether oxygens (including phenoxy) is 1. The Morgan fingerprint density at radius 1 is 1.22 bits per heavy atom. The first kappa shape index (κ1) is 20.9. The van der Waals surface area contributed by atoms with Gasteiger partial charge in [0.1, 0.15) is 0 Å². The minimum atomic E-state index is -3.75. The van der Waals surface area contributed by atoms with Crippen LogP contribution >= 0.6 is 0 Å². The molecule has 2 aromatic rings. The summed E-state index contributed by atoms with van der Waals surface area (Å²) >= 11 is 0. The van der Waals surface area contributed by atoms with Gasteiger partial charge >= 0.3 is 5.97 Å². The number of hydrogen-bond acceptors (Lipinski definition) is 5. The summed E-state index contributed by atoms with van der Waals surface area (Å²) < 4.78 is 34.7. The first-order valence-electron chi connectivity index (χ1n) is 8.55. The Morgan fingerprint density at radius 3 is 2.30 bits per heavy atom. The molecule has 1 heterocycles. The van der Waals surface area contributed by atoms with E-state index in [4.69, 9.17) is 0 Å². The van der Waals surface area contributed by atoms with Crippen LogP contribution in [0.15, 0.2) is 34.0 Å². The van der Waals surface area contributed by atoms with Crippen LogP contribution in [0.4, 0.5) is 0 Å². The van der Waals surface area contributed by atoms with E-state index in [0.717, 1.165) is 11.3 Å². The molecule has 0 aliphatic carbocycles. The molecule has 0 saturated heterocycles. The van der Waals surface area contributed by atoms with Crippen molar-refractivity contribution >= 4 is 16.0 Å². The molecule has 1 aromatic heterocycles. The van der Waals surface area contributed by atoms with Gasteiger partial charge in [-0.15, -0.1) is 0 Å². The molecule has 0 spiro atoms. The molecule has 0 amide bonds. The summed E-state index contributed by atoms with van der Waals surface area (Å²) in [6.45, 7) is 5.76. The van der Waals surface area contributed by atoms with Gasteiger partial charge in [-0.05, 0) is 37.1 Å². The SMILES string of the molecule is COC(=O)CCNS(=O)(=O)c1ccc(-n2c(=O)c(C(C)C)c(C)n2C)cc1. The number of sulfonamides is 1. The van der Waals surface area contributed by atoms with Crippen molar-refractivity contribution in [3.05, 3.63) is 45.9 Å². The van der Waals surface area contributed by atoms with Crippen LogP contribution in [-0.2, 0) is 26.6 Å². The highest BCUT2D eigenvalue weighted by Crippen LogP contribution is 2.18. The average Bonchev–Trinajstić information content (AvgIpc) is 2.83. The fourth-order valence-electron chi connectivity index (χ4n) is 2.92. The number of aromatic nitrogens is 2. The first-order chi connectivity index (χ1) is 12.6. The summed E-state index contributed by atoms with van der Waals surface area (Å²) in [5, 5.41) is 0. The van der Waals surface area contributed by atoms with Gasteiger partial charge in [-0.2, -0.15) is 0 Å². The Hall–Kier alpha value is -2.39. The molecular formula is C18H25N3O5S. The van der Waals surface area contributed by atoms with E-state index in [0.29, 0.717) is 5.69 Å². The molecule has 1 aromatic carbocycles. The molecule has 0 saturated carbocycles. The Labute approximate surface area is 158 Å². The van der Waals surface area contributed by atoms with E-state index in [2.05, 4.69) is 9.46 Å². The zero-order chi connectivity index (χ0) is 20.4. The number of methoxy groups -OCH3 is 1. The highest BCUT2D eigenvalue weighted by Gasteiger charge is 2.19. The molecule has 27 heavy (non-hydrogen) atoms. The highest BCUT2D eigenvalue weighted by atomic mass is 32.2. The monoisotopic (exact) mass is 395 g/mol. The van der Waals surface area contributed by atoms with Crippen molar-refractivity contribution in [1.82, 2.24) is 14.1 Å². The van der Waals surface area contributed by atoms with Crippen molar-refractivity contribution in [1.29, 1.82) is 0 Å². The van der Waals surface area contributed by atoms with Gasteiger partial charge in [0.15, 0.2) is 0 Å². The van der Waals surface area contributed by atoms with Crippen molar-refractivity contribution in [3.8, 4) is 5.69 Å². The quantitative estimate of drug-likeness (QED) is 0.716. The van der Waals surface area contributed by atoms with Crippen LogP contribution in [0.3, 0.4) is 0 Å². The second kappa shape index (κ2) is 8.10. The highest BCUT2D eigenvalue weighted by molar-refractivity contribution is 7.89. The third-order valence-corrected chi connectivity index (χ3v) is 5.89. The van der Waals surface area contributed by atoms with Gasteiger partial charge in [-0.25, -0.2) is 17.8 Å². The van der Waals surface area contributed by atoms with E-state index in [-0.39, 0.29) is 29.3 Å². The number of carbonyl (C=O) groups is 1. The zero-order valence-electron chi connectivity index (χ0n) is 16.1. The van der Waals surface area contributed by atoms with Crippen LogP contribution in [0, 0.1) is 6.92 Å². The van der Waals surface area contributed by atoms with Gasteiger partial charge in [-0.3, -0.25) is 14.3 Å². The third-order valence-electron chi connectivity index (χ3n) is 4.42. The van der Waals surface area contributed by atoms with Crippen molar-refractivity contribution in [2.75, 3.05) is 13.7 Å². The van der Waals surface area contributed by atoms with Gasteiger partial charge in [0, 0.05) is 24.8 Å². The summed E-state index contributed by atoms with van der Waals surface area (Å²) in [4.78, 5) is 23.9. The fourth-order valence-corrected chi connectivity index (χ4v) is 3.96. The topological polar surface area (TPSA) is 99.4 Å². The van der Waals surface area contributed by atoms with Crippen LogP contribution in [0.2, 0.25) is 0 Å². The lowest BCUT2D eigenvalue weighted by molar-refractivity contribution is -0.140. The van der Waals surface area contributed by atoms with E-state index < -0.39 is 16.0 Å². The molecular weight excluding hydrogens is 370 g/mol. The lowest BCUT2D eigenvalue weighted by Crippen LogP contribution is -2.26. The Balaban J connectivity index is 2.30. The van der Waals surface area contributed by atoms with Crippen molar-refractivity contribution in [2.24, 2.45) is 7.05 Å². The summed E-state index contributed by atoms with van der Waals surface area (Å²) in [7, 11) is -0.715. The number of nitrogens with one attached hydrogen (secondary N) is 1. The Bertz CT molecular complexity index is 985. The summed E-state index contributed by atoms with van der Waals surface area (Å²) in [5.74, 6) is -0.406. The van der Waals surface area contributed by atoms with Crippen molar-refractivity contribution < 1.29 is 17.9 Å². The predicted molar refractivity (Wildman–Crippen MR) is 102 cm³/mol. The van der Waals surface area contributed by atoms with Crippen molar-refractivity contribution in [3.63, 3.8) is 0 Å². The molecule has 0 aliphatic rings. The largest absolute Gasteiger partial charge is 0.469 e. The maximum absolute atomic E-state index is 12.7. The lowest BCUT2D eigenvalue weighted by atomic mass is 10.0. The normalized spacial score (nSPS) is 11.8. The Morgan fingerprint density at radius 2 is 1.81 bits per heavy atom. The maximum atomic E-state index is 12.7. The second-order valence-electron chi connectivity index (χ2n) is 6.51. The van der Waals surface area contributed by atoms with E-state index in [1.165, 1.54) is 23.9 Å². The van der Waals surface area contributed by atoms with E-state index >= 15 is 0 Å². The van der Waals surface area contributed by atoms with Crippen LogP contribution in [-0.4, -0.2) is 37.4 Å². The average molecular weight is 395 g/mol. The van der Waals surface area contributed by atoms with Crippen LogP contribution in [0.25, 0.3) is 5.69 Å². The molecule has 148 valence electrons. The number of benzene rings is 1. The lowest BCUT2D eigenvalue weighted by Gasteiger charge is -2.10. The minimum absolute atomic E-state index is 0.0506. The standard InChI is InChI=1S/C18H25N3O5S/c1-12(2)17-13(3)20(4)21(18(17)23)14-6-8-15(9-7-14)27(24,25)19-11-10-16(22)26-5/h6-9,12,19H,10-11H2,1-5H3. The van der Waals surface area contributed by atoms with Crippen LogP contribution in [0.1, 0.15) is 37.4 Å². The van der Waals surface area contributed by atoms with Crippen molar-refractivity contribution in [2.45, 2.75) is 38.0 Å². The molecule has 9 heteroatoms. The Kier molecular flexibility index (Phi) is 6.27.